The van der Waals surface area contributed by atoms with E-state index < -0.39 is 10.0 Å². The average Bonchev–Trinajstić information content (AvgIpc) is 2.38. The van der Waals surface area contributed by atoms with E-state index in [9.17, 15) is 8.42 Å². The molecule has 2 aromatic rings. The molecule has 0 aromatic heterocycles. The summed E-state index contributed by atoms with van der Waals surface area (Å²) in [6.07, 6.45) is 0. The minimum absolute atomic E-state index is 0.194. The van der Waals surface area contributed by atoms with Gasteiger partial charge in [-0.2, -0.15) is 0 Å². The molecule has 0 atom stereocenters. The van der Waals surface area contributed by atoms with Gasteiger partial charge in [-0.25, -0.2) is 8.42 Å². The van der Waals surface area contributed by atoms with Crippen LogP contribution < -0.4 is 9.46 Å². The Balaban J connectivity index is 2.40. The molecule has 2 aromatic carbocycles. The summed E-state index contributed by atoms with van der Waals surface area (Å²) in [7, 11) is -2.21. The molecule has 0 unspecified atom stereocenters. The van der Waals surface area contributed by atoms with E-state index in [-0.39, 0.29) is 4.90 Å². The molecule has 0 heterocycles. The zero-order valence-electron chi connectivity index (χ0n) is 11.1. The zero-order valence-corrected chi connectivity index (χ0v) is 12.6. The molecule has 0 aliphatic rings. The van der Waals surface area contributed by atoms with Gasteiger partial charge < -0.3 is 4.74 Å². The maximum absolute atomic E-state index is 12.3. The third-order valence-electron chi connectivity index (χ3n) is 2.71. The van der Waals surface area contributed by atoms with Gasteiger partial charge in [-0.3, -0.25) is 4.72 Å². The largest absolute Gasteiger partial charge is 0.495 e. The minimum atomic E-state index is -3.67. The maximum Gasteiger partial charge on any atom is 0.262 e. The van der Waals surface area contributed by atoms with Gasteiger partial charge in [0.05, 0.1) is 17.7 Å². The standard InChI is InChI=1S/C14H14ClNO3S/c1-10-4-3-5-12(8-10)20(17,18)16-13-9-11(15)6-7-14(13)19-2/h3-9,16H,1-2H3. The van der Waals surface area contributed by atoms with Crippen molar-refractivity contribution < 1.29 is 13.2 Å². The van der Waals surface area contributed by atoms with Crippen molar-refractivity contribution in [2.75, 3.05) is 11.8 Å². The summed E-state index contributed by atoms with van der Waals surface area (Å²) in [6.45, 7) is 1.83. The molecule has 0 radical (unpaired) electrons. The molecule has 0 bridgehead atoms. The van der Waals surface area contributed by atoms with Crippen molar-refractivity contribution >= 4 is 27.3 Å². The van der Waals surface area contributed by atoms with E-state index in [1.54, 1.807) is 24.3 Å². The first-order chi connectivity index (χ1) is 9.42. The summed E-state index contributed by atoms with van der Waals surface area (Å²) in [6, 6.07) is 11.4. The van der Waals surface area contributed by atoms with Crippen LogP contribution in [0.5, 0.6) is 5.75 Å². The van der Waals surface area contributed by atoms with Gasteiger partial charge in [-0.15, -0.1) is 0 Å². The monoisotopic (exact) mass is 311 g/mol. The van der Waals surface area contributed by atoms with Crippen LogP contribution in [-0.4, -0.2) is 15.5 Å². The van der Waals surface area contributed by atoms with Gasteiger partial charge in [0.2, 0.25) is 0 Å². The number of benzene rings is 2. The SMILES string of the molecule is COc1ccc(Cl)cc1NS(=O)(=O)c1cccc(C)c1. The van der Waals surface area contributed by atoms with Crippen LogP contribution in [0.25, 0.3) is 0 Å². The number of halogens is 1. The Kier molecular flexibility index (Phi) is 4.20. The predicted octanol–water partition coefficient (Wildman–Crippen LogP) is 3.46. The molecule has 4 nitrogen and oxygen atoms in total. The molecule has 0 aliphatic heterocycles. The maximum atomic E-state index is 12.3. The highest BCUT2D eigenvalue weighted by Crippen LogP contribution is 2.29. The first kappa shape index (κ1) is 14.7. The lowest BCUT2D eigenvalue weighted by atomic mass is 10.2. The molecule has 106 valence electrons. The zero-order chi connectivity index (χ0) is 14.8. The van der Waals surface area contributed by atoms with Gasteiger partial charge in [0.15, 0.2) is 0 Å². The van der Waals surface area contributed by atoms with E-state index >= 15 is 0 Å². The van der Waals surface area contributed by atoms with Crippen LogP contribution in [0.2, 0.25) is 5.02 Å². The van der Waals surface area contributed by atoms with Gasteiger partial charge >= 0.3 is 0 Å². The third kappa shape index (κ3) is 3.23. The van der Waals surface area contributed by atoms with Gasteiger partial charge in [0.25, 0.3) is 10.0 Å². The molecule has 0 fully saturated rings. The normalized spacial score (nSPS) is 11.2. The molecule has 0 aliphatic carbocycles. The van der Waals surface area contributed by atoms with Crippen molar-refractivity contribution in [1.82, 2.24) is 0 Å². The second-order valence-corrected chi connectivity index (χ2v) is 6.39. The molecule has 0 saturated carbocycles. The van der Waals surface area contributed by atoms with Crippen LogP contribution in [0.15, 0.2) is 47.4 Å². The molecular weight excluding hydrogens is 298 g/mol. The number of hydrogen-bond donors (Lipinski definition) is 1. The number of nitrogens with one attached hydrogen (secondary N) is 1. The number of hydrogen-bond acceptors (Lipinski definition) is 3. The second kappa shape index (κ2) is 5.73. The molecule has 6 heteroatoms. The fourth-order valence-corrected chi connectivity index (χ4v) is 3.08. The second-order valence-electron chi connectivity index (χ2n) is 4.27. The Hall–Kier alpha value is -1.72. The Morgan fingerprint density at radius 1 is 1.15 bits per heavy atom. The van der Waals surface area contributed by atoms with Crippen LogP contribution >= 0.6 is 11.6 Å². The summed E-state index contributed by atoms with van der Waals surface area (Å²) in [5.74, 6) is 0.408. The number of methoxy groups -OCH3 is 1. The van der Waals surface area contributed by atoms with E-state index in [0.717, 1.165) is 5.56 Å². The van der Waals surface area contributed by atoms with E-state index in [0.29, 0.717) is 16.5 Å². The van der Waals surface area contributed by atoms with Crippen molar-refractivity contribution in [3.05, 3.63) is 53.1 Å². The highest BCUT2D eigenvalue weighted by molar-refractivity contribution is 7.92. The van der Waals surface area contributed by atoms with Gasteiger partial charge in [0.1, 0.15) is 5.75 Å². The van der Waals surface area contributed by atoms with E-state index in [2.05, 4.69) is 4.72 Å². The first-order valence-electron chi connectivity index (χ1n) is 5.85. The number of ether oxygens (including phenoxy) is 1. The van der Waals surface area contributed by atoms with Crippen LogP contribution in [0.3, 0.4) is 0 Å². The number of anilines is 1. The van der Waals surface area contributed by atoms with Crippen molar-refractivity contribution in [3.63, 3.8) is 0 Å². The van der Waals surface area contributed by atoms with Crippen molar-refractivity contribution in [2.45, 2.75) is 11.8 Å². The van der Waals surface area contributed by atoms with Crippen molar-refractivity contribution in [3.8, 4) is 5.75 Å². The smallest absolute Gasteiger partial charge is 0.262 e. The van der Waals surface area contributed by atoms with E-state index in [1.165, 1.54) is 19.2 Å². The first-order valence-corrected chi connectivity index (χ1v) is 7.71. The molecule has 2 rings (SSSR count). The fourth-order valence-electron chi connectivity index (χ4n) is 1.75. The summed E-state index contributed by atoms with van der Waals surface area (Å²) >= 11 is 5.88. The Morgan fingerprint density at radius 3 is 2.55 bits per heavy atom. The van der Waals surface area contributed by atoms with Gasteiger partial charge in [0, 0.05) is 5.02 Å². The summed E-state index contributed by atoms with van der Waals surface area (Å²) < 4.78 is 32.3. The Labute approximate surface area is 123 Å². The number of rotatable bonds is 4. The van der Waals surface area contributed by atoms with E-state index in [4.69, 9.17) is 16.3 Å². The van der Waals surface area contributed by atoms with Crippen LogP contribution in [0.4, 0.5) is 5.69 Å². The molecule has 20 heavy (non-hydrogen) atoms. The minimum Gasteiger partial charge on any atom is -0.495 e. The summed E-state index contributed by atoms with van der Waals surface area (Å²) in [5, 5.41) is 0.424. The van der Waals surface area contributed by atoms with E-state index in [1.807, 2.05) is 13.0 Å². The van der Waals surface area contributed by atoms with Crippen molar-refractivity contribution in [1.29, 1.82) is 0 Å². The van der Waals surface area contributed by atoms with Gasteiger partial charge in [-0.05, 0) is 42.8 Å². The lowest BCUT2D eigenvalue weighted by Crippen LogP contribution is -2.13. The molecule has 1 N–H and O–H groups in total. The van der Waals surface area contributed by atoms with Crippen LogP contribution in [0.1, 0.15) is 5.56 Å². The average molecular weight is 312 g/mol. The van der Waals surface area contributed by atoms with Crippen LogP contribution in [0, 0.1) is 6.92 Å². The lowest BCUT2D eigenvalue weighted by molar-refractivity contribution is 0.417. The highest BCUT2D eigenvalue weighted by Gasteiger charge is 2.16. The highest BCUT2D eigenvalue weighted by atomic mass is 35.5. The van der Waals surface area contributed by atoms with Gasteiger partial charge in [-0.1, -0.05) is 23.7 Å². The molecular formula is C14H14ClNO3S. The molecule has 0 spiro atoms. The summed E-state index contributed by atoms with van der Waals surface area (Å²) in [4.78, 5) is 0.194. The summed E-state index contributed by atoms with van der Waals surface area (Å²) in [5.41, 5.74) is 1.17. The van der Waals surface area contributed by atoms with Crippen molar-refractivity contribution in [2.24, 2.45) is 0 Å². The lowest BCUT2D eigenvalue weighted by Gasteiger charge is -2.12. The Morgan fingerprint density at radius 2 is 1.90 bits per heavy atom. The third-order valence-corrected chi connectivity index (χ3v) is 4.30. The topological polar surface area (TPSA) is 55.4 Å². The molecule has 0 saturated heterocycles. The predicted molar refractivity (Wildman–Crippen MR) is 80.0 cm³/mol. The fraction of sp³-hybridized carbons (Fsp3) is 0.143. The number of aryl methyl sites for hydroxylation is 1. The Bertz CT molecular complexity index is 729. The quantitative estimate of drug-likeness (QED) is 0.940. The van der Waals surface area contributed by atoms with Crippen LogP contribution in [-0.2, 0) is 10.0 Å². The molecule has 0 amide bonds. The number of sulfonamides is 1.